The second-order valence-electron chi connectivity index (χ2n) is 8.52. The lowest BCUT2D eigenvalue weighted by Crippen LogP contribution is -2.57. The maximum absolute atomic E-state index is 12.3. The van der Waals surface area contributed by atoms with Crippen LogP contribution in [0.15, 0.2) is 15.6 Å². The van der Waals surface area contributed by atoms with Crippen LogP contribution in [0.3, 0.4) is 0 Å². The van der Waals surface area contributed by atoms with Crippen molar-refractivity contribution < 1.29 is 14.1 Å². The van der Waals surface area contributed by atoms with Crippen LogP contribution in [0.5, 0.6) is 0 Å². The quantitative estimate of drug-likeness (QED) is 0.599. The number of aromatic nitrogens is 1. The lowest BCUT2D eigenvalue weighted by molar-refractivity contribution is 0.0137. The Labute approximate surface area is 190 Å². The Morgan fingerprint density at radius 2 is 2.07 bits per heavy atom. The summed E-state index contributed by atoms with van der Waals surface area (Å²) in [6.07, 6.45) is 1.88. The third-order valence-corrected chi connectivity index (χ3v) is 5.26. The summed E-state index contributed by atoms with van der Waals surface area (Å²) in [6, 6.07) is 2.23. The second-order valence-corrected chi connectivity index (χ2v) is 8.52. The van der Waals surface area contributed by atoms with Crippen LogP contribution >= 0.6 is 24.0 Å². The molecule has 1 saturated heterocycles. The third kappa shape index (κ3) is 5.99. The Balaban J connectivity index is 0.00000300. The number of nitrogens with zero attached hydrogens (tertiary/aromatic N) is 4. The number of ether oxygens (including phenoxy) is 1. The summed E-state index contributed by atoms with van der Waals surface area (Å²) in [5.41, 5.74) is 0.552. The van der Waals surface area contributed by atoms with Crippen molar-refractivity contribution in [2.24, 2.45) is 4.99 Å². The van der Waals surface area contributed by atoms with Gasteiger partial charge in [-0.25, -0.2) is 4.79 Å². The van der Waals surface area contributed by atoms with Crippen molar-refractivity contribution in [1.82, 2.24) is 20.3 Å². The molecule has 1 unspecified atom stereocenters. The highest BCUT2D eigenvalue weighted by molar-refractivity contribution is 14.0. The lowest BCUT2D eigenvalue weighted by atomic mass is 9.99. The molecule has 1 aromatic heterocycles. The number of guanidine groups is 1. The van der Waals surface area contributed by atoms with Crippen molar-refractivity contribution in [2.45, 2.75) is 71.6 Å². The molecule has 0 radical (unpaired) electrons. The number of halogens is 1. The molecular weight excluding hydrogens is 485 g/mol. The Morgan fingerprint density at radius 1 is 1.34 bits per heavy atom. The zero-order valence-corrected chi connectivity index (χ0v) is 20.4. The van der Waals surface area contributed by atoms with Crippen molar-refractivity contribution in [1.29, 1.82) is 0 Å². The molecule has 3 heterocycles. The van der Waals surface area contributed by atoms with Crippen molar-refractivity contribution in [3.05, 3.63) is 17.5 Å². The zero-order chi connectivity index (χ0) is 20.3. The topological polar surface area (TPSA) is 83.2 Å². The Bertz CT molecular complexity index is 711. The summed E-state index contributed by atoms with van der Waals surface area (Å²) in [7, 11) is 0. The molecule has 0 saturated carbocycles. The van der Waals surface area contributed by atoms with Gasteiger partial charge in [-0.3, -0.25) is 4.99 Å². The van der Waals surface area contributed by atoms with E-state index in [9.17, 15) is 4.79 Å². The van der Waals surface area contributed by atoms with Crippen LogP contribution in [-0.2, 0) is 11.3 Å². The number of hydrogen-bond acceptors (Lipinski definition) is 7. The number of amides is 1. The summed E-state index contributed by atoms with van der Waals surface area (Å²) >= 11 is 0. The smallest absolute Gasteiger partial charge is 0.410 e. The highest BCUT2D eigenvalue weighted by Crippen LogP contribution is 2.23. The first-order valence-electron chi connectivity index (χ1n) is 10.3. The number of carbonyl (C=O) groups excluding carboxylic acids is 1. The van der Waals surface area contributed by atoms with Crippen molar-refractivity contribution in [2.75, 3.05) is 26.2 Å². The molecule has 0 spiro atoms. The number of fused-ring (bicyclic) bond motifs is 1. The Hall–Kier alpha value is -1.52. The van der Waals surface area contributed by atoms with Gasteiger partial charge in [0.05, 0.1) is 24.8 Å². The predicted molar refractivity (Wildman–Crippen MR) is 123 cm³/mol. The molecule has 1 fully saturated rings. The molecule has 0 aromatic carbocycles. The fourth-order valence-corrected chi connectivity index (χ4v) is 3.70. The van der Waals surface area contributed by atoms with Crippen LogP contribution in [0.25, 0.3) is 0 Å². The van der Waals surface area contributed by atoms with Crippen LogP contribution in [0.4, 0.5) is 4.79 Å². The van der Waals surface area contributed by atoms with Gasteiger partial charge in [0.15, 0.2) is 11.7 Å². The molecule has 1 atom stereocenters. The standard InChI is InChI=1S/C20H33N5O3.HI/c1-6-14(7-2)17-10-16(28-23-17)12-22-18-21-11-15-13-24(8-9-25(15)18)19(26)27-20(3,4)5;/h10,14-15H,6-9,11-13H2,1-5H3,(H,21,22);1H. The SMILES string of the molecule is CCC(CC)c1cc(CNC2=NCC3CN(C(=O)OC(C)(C)C)CCN23)on1.I. The molecular formula is C20H34IN5O3. The van der Waals surface area contributed by atoms with Gasteiger partial charge in [0.2, 0.25) is 0 Å². The molecule has 3 rings (SSSR count). The summed E-state index contributed by atoms with van der Waals surface area (Å²) < 4.78 is 11.0. The first-order valence-corrected chi connectivity index (χ1v) is 10.3. The maximum Gasteiger partial charge on any atom is 0.410 e. The largest absolute Gasteiger partial charge is 0.444 e. The van der Waals surface area contributed by atoms with Crippen molar-refractivity contribution in [3.63, 3.8) is 0 Å². The number of rotatable bonds is 5. The first kappa shape index (κ1) is 23.8. The predicted octanol–water partition coefficient (Wildman–Crippen LogP) is 3.58. The Kier molecular flexibility index (Phi) is 8.18. The highest BCUT2D eigenvalue weighted by Gasteiger charge is 2.36. The molecule has 164 valence electrons. The highest BCUT2D eigenvalue weighted by atomic mass is 127. The van der Waals surface area contributed by atoms with Gasteiger partial charge < -0.3 is 24.4 Å². The minimum atomic E-state index is -0.475. The molecule has 1 aromatic rings. The summed E-state index contributed by atoms with van der Waals surface area (Å²) in [4.78, 5) is 21.0. The number of carbonyl (C=O) groups is 1. The van der Waals surface area contributed by atoms with E-state index in [1.54, 1.807) is 4.90 Å². The zero-order valence-electron chi connectivity index (χ0n) is 18.1. The summed E-state index contributed by atoms with van der Waals surface area (Å²) in [5, 5.41) is 7.59. The van der Waals surface area contributed by atoms with Gasteiger partial charge in [0.25, 0.3) is 0 Å². The minimum absolute atomic E-state index is 0. The average Bonchev–Trinajstić information content (AvgIpc) is 3.26. The van der Waals surface area contributed by atoms with Gasteiger partial charge in [0, 0.05) is 31.6 Å². The van der Waals surface area contributed by atoms with Gasteiger partial charge >= 0.3 is 6.09 Å². The Morgan fingerprint density at radius 3 is 2.72 bits per heavy atom. The molecule has 0 aliphatic carbocycles. The van der Waals surface area contributed by atoms with E-state index in [0.717, 1.165) is 36.8 Å². The van der Waals surface area contributed by atoms with Crippen LogP contribution in [-0.4, -0.2) is 64.8 Å². The molecule has 0 bridgehead atoms. The van der Waals surface area contributed by atoms with Crippen molar-refractivity contribution >= 4 is 36.0 Å². The van der Waals surface area contributed by atoms with Crippen molar-refractivity contribution in [3.8, 4) is 0 Å². The molecule has 8 nitrogen and oxygen atoms in total. The average molecular weight is 519 g/mol. The molecule has 29 heavy (non-hydrogen) atoms. The van der Waals surface area contributed by atoms with Gasteiger partial charge in [-0.15, -0.1) is 24.0 Å². The van der Waals surface area contributed by atoms with E-state index < -0.39 is 5.60 Å². The summed E-state index contributed by atoms with van der Waals surface area (Å²) in [6.45, 7) is 13.3. The second kappa shape index (κ2) is 9.99. The molecule has 1 N–H and O–H groups in total. The van der Waals surface area contributed by atoms with E-state index in [2.05, 4.69) is 34.2 Å². The van der Waals surface area contributed by atoms with E-state index in [0.29, 0.717) is 32.1 Å². The first-order chi connectivity index (χ1) is 13.3. The molecule has 2 aliphatic heterocycles. The molecule has 9 heteroatoms. The van der Waals surface area contributed by atoms with Gasteiger partial charge in [0.1, 0.15) is 5.60 Å². The van der Waals surface area contributed by atoms with E-state index in [-0.39, 0.29) is 36.1 Å². The normalized spacial score (nSPS) is 19.0. The number of piperazine rings is 1. The monoisotopic (exact) mass is 519 g/mol. The lowest BCUT2D eigenvalue weighted by Gasteiger charge is -2.39. The van der Waals surface area contributed by atoms with E-state index in [4.69, 9.17) is 9.26 Å². The fourth-order valence-electron chi connectivity index (χ4n) is 3.70. The number of hydrogen-bond donors (Lipinski definition) is 1. The van der Waals surface area contributed by atoms with Crippen LogP contribution in [0.2, 0.25) is 0 Å². The van der Waals surface area contributed by atoms with Crippen LogP contribution in [0.1, 0.15) is 64.8 Å². The number of nitrogens with one attached hydrogen (secondary N) is 1. The van der Waals surface area contributed by atoms with E-state index in [1.165, 1.54) is 0 Å². The third-order valence-electron chi connectivity index (χ3n) is 5.26. The molecule has 1 amide bonds. The van der Waals surface area contributed by atoms with Gasteiger partial charge in [-0.1, -0.05) is 19.0 Å². The fraction of sp³-hybridized carbons (Fsp3) is 0.750. The van der Waals surface area contributed by atoms with Gasteiger partial charge in [-0.2, -0.15) is 0 Å². The van der Waals surface area contributed by atoms with Gasteiger partial charge in [-0.05, 0) is 33.6 Å². The minimum Gasteiger partial charge on any atom is -0.444 e. The van der Waals surface area contributed by atoms with Crippen LogP contribution in [0, 0.1) is 0 Å². The van der Waals surface area contributed by atoms with E-state index >= 15 is 0 Å². The van der Waals surface area contributed by atoms with E-state index in [1.807, 2.05) is 26.8 Å². The number of aliphatic imine (C=N–C) groups is 1. The summed E-state index contributed by atoms with van der Waals surface area (Å²) in [5.74, 6) is 2.14. The molecule has 2 aliphatic rings. The van der Waals surface area contributed by atoms with Crippen LogP contribution < -0.4 is 5.32 Å². The maximum atomic E-state index is 12.3.